The first-order chi connectivity index (χ1) is 9.33. The van der Waals surface area contributed by atoms with Crippen molar-refractivity contribution in [1.29, 1.82) is 0 Å². The Morgan fingerprint density at radius 1 is 1.45 bits per heavy atom. The topological polar surface area (TPSA) is 53.5 Å². The molecule has 1 aliphatic heterocycles. The number of benzene rings is 1. The van der Waals surface area contributed by atoms with Gasteiger partial charge in [0, 0.05) is 16.6 Å². The van der Waals surface area contributed by atoms with Gasteiger partial charge in [-0.2, -0.15) is 0 Å². The summed E-state index contributed by atoms with van der Waals surface area (Å²) in [5.74, 6) is 0.0432. The summed E-state index contributed by atoms with van der Waals surface area (Å²) < 4.78 is 14.7. The number of aliphatic imine (C=N–C) groups is 1. The maximum absolute atomic E-state index is 14.0. The zero-order valence-corrected chi connectivity index (χ0v) is 13.2. The van der Waals surface area contributed by atoms with Crippen molar-refractivity contribution in [2.24, 2.45) is 10.9 Å². The Balaban J connectivity index is 2.33. The Morgan fingerprint density at radius 3 is 2.80 bits per heavy atom. The summed E-state index contributed by atoms with van der Waals surface area (Å²) in [4.78, 5) is 16.5. The minimum Gasteiger partial charge on any atom is -0.338 e. The number of halogens is 2. The molecule has 20 heavy (non-hydrogen) atoms. The van der Waals surface area contributed by atoms with Gasteiger partial charge in [-0.1, -0.05) is 29.8 Å². The van der Waals surface area contributed by atoms with E-state index in [1.807, 2.05) is 13.8 Å². The molecule has 1 unspecified atom stereocenters. The summed E-state index contributed by atoms with van der Waals surface area (Å²) in [5, 5.41) is 5.65. The van der Waals surface area contributed by atoms with Crippen LogP contribution in [0.25, 0.3) is 0 Å². The maximum atomic E-state index is 14.0. The number of carbonyl (C=O) groups excluding carboxylic acids is 1. The Hall–Kier alpha value is -1.43. The van der Waals surface area contributed by atoms with Gasteiger partial charge in [0.15, 0.2) is 5.96 Å². The van der Waals surface area contributed by atoms with E-state index in [2.05, 4.69) is 31.6 Å². The minimum atomic E-state index is -1.15. The van der Waals surface area contributed by atoms with Crippen LogP contribution >= 0.6 is 15.9 Å². The van der Waals surface area contributed by atoms with E-state index in [-0.39, 0.29) is 5.91 Å². The molecule has 0 aromatic heterocycles. The fourth-order valence-electron chi connectivity index (χ4n) is 1.98. The van der Waals surface area contributed by atoms with Crippen molar-refractivity contribution in [2.75, 3.05) is 6.54 Å². The van der Waals surface area contributed by atoms with E-state index in [0.717, 1.165) is 4.47 Å². The molecule has 0 radical (unpaired) electrons. The number of rotatable bonds is 3. The molecule has 1 atom stereocenters. The quantitative estimate of drug-likeness (QED) is 0.887. The van der Waals surface area contributed by atoms with Gasteiger partial charge in [-0.05, 0) is 31.0 Å². The van der Waals surface area contributed by atoms with Crippen molar-refractivity contribution < 1.29 is 9.18 Å². The molecule has 2 rings (SSSR count). The third-order valence-electron chi connectivity index (χ3n) is 3.14. The monoisotopic (exact) mass is 341 g/mol. The molecular weight excluding hydrogens is 325 g/mol. The highest BCUT2D eigenvalue weighted by atomic mass is 79.9. The second-order valence-electron chi connectivity index (χ2n) is 5.41. The number of guanidine groups is 1. The zero-order valence-electron chi connectivity index (χ0n) is 11.6. The lowest BCUT2D eigenvalue weighted by atomic mass is 9.92. The summed E-state index contributed by atoms with van der Waals surface area (Å²) >= 11 is 3.30. The summed E-state index contributed by atoms with van der Waals surface area (Å²) in [6.45, 7) is 6.31. The highest BCUT2D eigenvalue weighted by molar-refractivity contribution is 9.10. The van der Waals surface area contributed by atoms with E-state index in [4.69, 9.17) is 0 Å². The largest absolute Gasteiger partial charge is 0.338 e. The van der Waals surface area contributed by atoms with Gasteiger partial charge < -0.3 is 5.32 Å². The third-order valence-corrected chi connectivity index (χ3v) is 3.63. The van der Waals surface area contributed by atoms with Gasteiger partial charge in [0.2, 0.25) is 0 Å². The van der Waals surface area contributed by atoms with Gasteiger partial charge in [0.1, 0.15) is 11.4 Å². The molecule has 1 amide bonds. The molecule has 1 aromatic carbocycles. The summed E-state index contributed by atoms with van der Waals surface area (Å²) in [6, 6.07) is 4.54. The number of nitrogens with one attached hydrogen (secondary N) is 2. The molecule has 1 aromatic rings. The van der Waals surface area contributed by atoms with Gasteiger partial charge in [0.25, 0.3) is 5.91 Å². The minimum absolute atomic E-state index is 0.291. The standard InChI is InChI=1S/C14H17BrFN3O/c1-8(2)7-17-13-18-12(20)14(3,19-13)10-6-9(15)4-5-11(10)16/h4-6,8H,7H2,1-3H3,(H2,17,18,19,20). The van der Waals surface area contributed by atoms with Crippen molar-refractivity contribution in [3.63, 3.8) is 0 Å². The molecule has 4 nitrogen and oxygen atoms in total. The van der Waals surface area contributed by atoms with Crippen molar-refractivity contribution in [1.82, 2.24) is 10.6 Å². The molecule has 0 aliphatic carbocycles. The molecule has 6 heteroatoms. The molecule has 0 spiro atoms. The predicted molar refractivity (Wildman–Crippen MR) is 79.9 cm³/mol. The van der Waals surface area contributed by atoms with Gasteiger partial charge in [-0.3, -0.25) is 15.1 Å². The van der Waals surface area contributed by atoms with Crippen molar-refractivity contribution in [3.05, 3.63) is 34.1 Å². The number of nitrogens with zero attached hydrogens (tertiary/aromatic N) is 1. The van der Waals surface area contributed by atoms with Crippen LogP contribution in [0.1, 0.15) is 26.3 Å². The summed E-state index contributed by atoms with van der Waals surface area (Å²) in [5.41, 5.74) is -0.858. The van der Waals surface area contributed by atoms with Crippen LogP contribution in [0.15, 0.2) is 27.7 Å². The number of hydrogen-bond acceptors (Lipinski definition) is 2. The molecule has 0 bridgehead atoms. The molecule has 108 valence electrons. The average Bonchev–Trinajstić information content (AvgIpc) is 2.66. The SMILES string of the molecule is CC(C)CN=C1NC(=O)C(C)(c2cc(Br)ccc2F)N1. The van der Waals surface area contributed by atoms with Crippen LogP contribution in [0.2, 0.25) is 0 Å². The van der Waals surface area contributed by atoms with E-state index < -0.39 is 11.4 Å². The van der Waals surface area contributed by atoms with Gasteiger partial charge in [-0.15, -0.1) is 0 Å². The number of hydrogen-bond donors (Lipinski definition) is 2. The lowest BCUT2D eigenvalue weighted by Crippen LogP contribution is -2.41. The van der Waals surface area contributed by atoms with Crippen molar-refractivity contribution in [3.8, 4) is 0 Å². The van der Waals surface area contributed by atoms with Crippen LogP contribution in [0, 0.1) is 11.7 Å². The smallest absolute Gasteiger partial charge is 0.256 e. The normalized spacial score (nSPS) is 24.1. The second-order valence-corrected chi connectivity index (χ2v) is 6.33. The van der Waals surface area contributed by atoms with Crippen LogP contribution in [0.3, 0.4) is 0 Å². The van der Waals surface area contributed by atoms with Crippen LogP contribution in [-0.2, 0) is 10.3 Å². The Kier molecular flexibility index (Phi) is 4.13. The van der Waals surface area contributed by atoms with E-state index in [0.29, 0.717) is 24.0 Å². The fraction of sp³-hybridized carbons (Fsp3) is 0.429. The Morgan fingerprint density at radius 2 is 2.15 bits per heavy atom. The van der Waals surface area contributed by atoms with E-state index in [1.54, 1.807) is 19.1 Å². The lowest BCUT2D eigenvalue weighted by Gasteiger charge is -2.22. The van der Waals surface area contributed by atoms with Crippen molar-refractivity contribution in [2.45, 2.75) is 26.3 Å². The first-order valence-electron chi connectivity index (χ1n) is 6.42. The van der Waals surface area contributed by atoms with Gasteiger partial charge in [-0.25, -0.2) is 4.39 Å². The van der Waals surface area contributed by atoms with Gasteiger partial charge in [0.05, 0.1) is 0 Å². The highest BCUT2D eigenvalue weighted by Crippen LogP contribution is 2.29. The van der Waals surface area contributed by atoms with E-state index in [1.165, 1.54) is 6.07 Å². The lowest BCUT2D eigenvalue weighted by molar-refractivity contribution is -0.123. The van der Waals surface area contributed by atoms with E-state index in [9.17, 15) is 9.18 Å². The first-order valence-corrected chi connectivity index (χ1v) is 7.22. The van der Waals surface area contributed by atoms with Crippen molar-refractivity contribution >= 4 is 27.8 Å². The molecule has 1 aliphatic rings. The van der Waals surface area contributed by atoms with E-state index >= 15 is 0 Å². The van der Waals surface area contributed by atoms with Crippen LogP contribution in [0.4, 0.5) is 4.39 Å². The summed E-state index contributed by atoms with van der Waals surface area (Å²) in [7, 11) is 0. The summed E-state index contributed by atoms with van der Waals surface area (Å²) in [6.07, 6.45) is 0. The second kappa shape index (κ2) is 5.52. The zero-order chi connectivity index (χ0) is 14.9. The molecule has 2 N–H and O–H groups in total. The number of amides is 1. The molecule has 0 saturated carbocycles. The van der Waals surface area contributed by atoms with Crippen LogP contribution < -0.4 is 10.6 Å². The molecule has 1 fully saturated rings. The Labute approximate surface area is 126 Å². The van der Waals surface area contributed by atoms with Crippen LogP contribution in [0.5, 0.6) is 0 Å². The predicted octanol–water partition coefficient (Wildman–Crippen LogP) is 2.53. The first kappa shape index (κ1) is 15.0. The maximum Gasteiger partial charge on any atom is 0.256 e. The van der Waals surface area contributed by atoms with Gasteiger partial charge >= 0.3 is 0 Å². The molecule has 1 saturated heterocycles. The highest BCUT2D eigenvalue weighted by Gasteiger charge is 2.44. The molecular formula is C14H17BrFN3O. The third kappa shape index (κ3) is 2.85. The molecule has 1 heterocycles. The number of carbonyl (C=O) groups is 1. The average molecular weight is 342 g/mol. The fourth-order valence-corrected chi connectivity index (χ4v) is 2.34. The Bertz CT molecular complexity index is 574. The van der Waals surface area contributed by atoms with Crippen LogP contribution in [-0.4, -0.2) is 18.4 Å².